The Morgan fingerprint density at radius 3 is 2.71 bits per heavy atom. The average Bonchev–Trinajstić information content (AvgIpc) is 2.70. The van der Waals surface area contributed by atoms with Gasteiger partial charge in [0.1, 0.15) is 0 Å². The first-order valence-corrected chi connectivity index (χ1v) is 5.15. The van der Waals surface area contributed by atoms with E-state index in [0.29, 0.717) is 0 Å². The molecule has 1 aromatic carbocycles. The standard InChI is InChI=1S/C9H10N4S/c10-8-1-3-9(4-2-8)14-7-13-6-5-11-12-13/h1-6H,7,10H2. The van der Waals surface area contributed by atoms with Crippen molar-refractivity contribution in [2.24, 2.45) is 0 Å². The lowest BCUT2D eigenvalue weighted by atomic mass is 10.3. The predicted octanol–water partition coefficient (Wildman–Crippen LogP) is 1.61. The Balaban J connectivity index is 1.95. The lowest BCUT2D eigenvalue weighted by molar-refractivity contribution is 0.701. The number of nitrogens with two attached hydrogens (primary N) is 1. The topological polar surface area (TPSA) is 56.7 Å². The Morgan fingerprint density at radius 2 is 2.07 bits per heavy atom. The molecule has 0 bridgehead atoms. The molecule has 0 amide bonds. The summed E-state index contributed by atoms with van der Waals surface area (Å²) in [6, 6.07) is 7.78. The number of hydrogen-bond donors (Lipinski definition) is 1. The zero-order valence-electron chi connectivity index (χ0n) is 7.50. The molecule has 14 heavy (non-hydrogen) atoms. The van der Waals surface area contributed by atoms with E-state index in [1.807, 2.05) is 30.5 Å². The summed E-state index contributed by atoms with van der Waals surface area (Å²) in [6.07, 6.45) is 3.51. The fraction of sp³-hybridized carbons (Fsp3) is 0.111. The molecular formula is C9H10N4S. The van der Waals surface area contributed by atoms with E-state index in [2.05, 4.69) is 10.3 Å². The highest BCUT2D eigenvalue weighted by atomic mass is 32.2. The summed E-state index contributed by atoms with van der Waals surface area (Å²) in [7, 11) is 0. The quantitative estimate of drug-likeness (QED) is 0.612. The van der Waals surface area contributed by atoms with Crippen LogP contribution >= 0.6 is 11.8 Å². The van der Waals surface area contributed by atoms with Gasteiger partial charge >= 0.3 is 0 Å². The first kappa shape index (κ1) is 9.08. The number of hydrogen-bond acceptors (Lipinski definition) is 4. The number of thioether (sulfide) groups is 1. The minimum absolute atomic E-state index is 0.768. The summed E-state index contributed by atoms with van der Waals surface area (Å²) in [5, 5.41) is 7.60. The lowest BCUT2D eigenvalue weighted by Gasteiger charge is -2.01. The molecule has 0 spiro atoms. The van der Waals surface area contributed by atoms with E-state index in [0.717, 1.165) is 11.6 Å². The number of nitrogens with zero attached hydrogens (tertiary/aromatic N) is 3. The first-order chi connectivity index (χ1) is 6.84. The van der Waals surface area contributed by atoms with Gasteiger partial charge in [0.05, 0.1) is 12.1 Å². The zero-order valence-corrected chi connectivity index (χ0v) is 8.31. The van der Waals surface area contributed by atoms with Crippen LogP contribution in [0.1, 0.15) is 0 Å². The summed E-state index contributed by atoms with van der Waals surface area (Å²) in [6.45, 7) is 0. The molecule has 0 unspecified atom stereocenters. The van der Waals surface area contributed by atoms with Crippen LogP contribution in [0.2, 0.25) is 0 Å². The Hall–Kier alpha value is -1.49. The van der Waals surface area contributed by atoms with Gasteiger partial charge in [0.15, 0.2) is 0 Å². The molecule has 0 fully saturated rings. The molecule has 0 saturated heterocycles. The maximum Gasteiger partial charge on any atom is 0.0927 e. The number of anilines is 1. The van der Waals surface area contributed by atoms with Crippen LogP contribution in [-0.4, -0.2) is 15.0 Å². The predicted molar refractivity (Wildman–Crippen MR) is 56.7 cm³/mol. The number of nitrogen functional groups attached to an aromatic ring is 1. The molecule has 1 aromatic heterocycles. The third kappa shape index (κ3) is 2.26. The van der Waals surface area contributed by atoms with E-state index in [1.165, 1.54) is 4.90 Å². The van der Waals surface area contributed by atoms with Crippen LogP contribution in [0.15, 0.2) is 41.6 Å². The SMILES string of the molecule is Nc1ccc(SCn2ccnn2)cc1. The van der Waals surface area contributed by atoms with E-state index < -0.39 is 0 Å². The summed E-state index contributed by atoms with van der Waals surface area (Å²) < 4.78 is 1.78. The van der Waals surface area contributed by atoms with Crippen molar-refractivity contribution in [3.8, 4) is 0 Å². The van der Waals surface area contributed by atoms with Gasteiger partial charge in [0.2, 0.25) is 0 Å². The van der Waals surface area contributed by atoms with Gasteiger partial charge in [-0.15, -0.1) is 16.9 Å². The zero-order chi connectivity index (χ0) is 9.80. The summed E-state index contributed by atoms with van der Waals surface area (Å²) in [5.74, 6) is 0.768. The summed E-state index contributed by atoms with van der Waals surface area (Å²) in [5.41, 5.74) is 6.37. The minimum atomic E-state index is 0.768. The van der Waals surface area contributed by atoms with Crippen molar-refractivity contribution in [2.45, 2.75) is 10.8 Å². The van der Waals surface area contributed by atoms with Gasteiger partial charge in [-0.05, 0) is 24.3 Å². The van der Waals surface area contributed by atoms with Crippen LogP contribution in [0.3, 0.4) is 0 Å². The van der Waals surface area contributed by atoms with Crippen LogP contribution in [0.5, 0.6) is 0 Å². The van der Waals surface area contributed by atoms with Crippen molar-refractivity contribution in [1.29, 1.82) is 0 Å². The molecule has 0 saturated carbocycles. The molecule has 2 N–H and O–H groups in total. The fourth-order valence-electron chi connectivity index (χ4n) is 1.01. The van der Waals surface area contributed by atoms with Crippen molar-refractivity contribution in [1.82, 2.24) is 15.0 Å². The van der Waals surface area contributed by atoms with Gasteiger partial charge in [-0.1, -0.05) is 5.21 Å². The molecule has 0 aliphatic heterocycles. The Morgan fingerprint density at radius 1 is 1.29 bits per heavy atom. The normalized spacial score (nSPS) is 10.3. The largest absolute Gasteiger partial charge is 0.399 e. The molecule has 1 heterocycles. The van der Waals surface area contributed by atoms with Gasteiger partial charge < -0.3 is 5.73 Å². The van der Waals surface area contributed by atoms with Crippen LogP contribution in [0, 0.1) is 0 Å². The Bertz CT molecular complexity index is 382. The Labute approximate surface area is 86.1 Å². The Kier molecular flexibility index (Phi) is 2.69. The third-order valence-electron chi connectivity index (χ3n) is 1.72. The monoisotopic (exact) mass is 206 g/mol. The highest BCUT2D eigenvalue weighted by Gasteiger charge is 1.95. The number of rotatable bonds is 3. The van der Waals surface area contributed by atoms with Gasteiger partial charge in [0.25, 0.3) is 0 Å². The lowest BCUT2D eigenvalue weighted by Crippen LogP contribution is -1.94. The molecule has 5 heteroatoms. The third-order valence-corrected chi connectivity index (χ3v) is 2.71. The minimum Gasteiger partial charge on any atom is -0.399 e. The van der Waals surface area contributed by atoms with Gasteiger partial charge in [-0.25, -0.2) is 4.68 Å². The molecule has 2 rings (SSSR count). The van der Waals surface area contributed by atoms with E-state index in [4.69, 9.17) is 5.73 Å². The summed E-state index contributed by atoms with van der Waals surface area (Å²) in [4.78, 5) is 1.18. The summed E-state index contributed by atoms with van der Waals surface area (Å²) >= 11 is 1.69. The second-order valence-corrected chi connectivity index (χ2v) is 3.80. The van der Waals surface area contributed by atoms with Gasteiger partial charge in [0, 0.05) is 16.8 Å². The highest BCUT2D eigenvalue weighted by molar-refractivity contribution is 7.98. The second-order valence-electron chi connectivity index (χ2n) is 2.78. The van der Waals surface area contributed by atoms with Crippen LogP contribution in [0.25, 0.3) is 0 Å². The van der Waals surface area contributed by atoms with E-state index in [-0.39, 0.29) is 0 Å². The second kappa shape index (κ2) is 4.15. The fourth-order valence-corrected chi connectivity index (χ4v) is 1.75. The van der Waals surface area contributed by atoms with Crippen molar-refractivity contribution < 1.29 is 0 Å². The van der Waals surface area contributed by atoms with E-state index in [1.54, 1.807) is 22.6 Å². The number of aromatic nitrogens is 3. The van der Waals surface area contributed by atoms with Crippen molar-refractivity contribution >= 4 is 17.4 Å². The van der Waals surface area contributed by atoms with E-state index in [9.17, 15) is 0 Å². The van der Waals surface area contributed by atoms with Crippen LogP contribution in [-0.2, 0) is 5.88 Å². The maximum absolute atomic E-state index is 5.58. The average molecular weight is 206 g/mol. The molecular weight excluding hydrogens is 196 g/mol. The highest BCUT2D eigenvalue weighted by Crippen LogP contribution is 2.20. The van der Waals surface area contributed by atoms with Crippen LogP contribution < -0.4 is 5.73 Å². The number of benzene rings is 1. The van der Waals surface area contributed by atoms with E-state index >= 15 is 0 Å². The molecule has 0 atom stereocenters. The molecule has 2 aromatic rings. The van der Waals surface area contributed by atoms with Crippen molar-refractivity contribution in [2.75, 3.05) is 5.73 Å². The molecule has 4 nitrogen and oxygen atoms in total. The van der Waals surface area contributed by atoms with Gasteiger partial charge in [-0.2, -0.15) is 0 Å². The smallest absolute Gasteiger partial charge is 0.0927 e. The molecule has 0 aliphatic rings. The maximum atomic E-state index is 5.58. The molecule has 72 valence electrons. The molecule has 0 aliphatic carbocycles. The van der Waals surface area contributed by atoms with Gasteiger partial charge in [-0.3, -0.25) is 0 Å². The molecule has 0 radical (unpaired) electrons. The van der Waals surface area contributed by atoms with Crippen molar-refractivity contribution in [3.05, 3.63) is 36.7 Å². The van der Waals surface area contributed by atoms with Crippen molar-refractivity contribution in [3.63, 3.8) is 0 Å². The van der Waals surface area contributed by atoms with Crippen LogP contribution in [0.4, 0.5) is 5.69 Å². The first-order valence-electron chi connectivity index (χ1n) is 4.17.